The Morgan fingerprint density at radius 3 is 1.79 bits per heavy atom. The van der Waals surface area contributed by atoms with Crippen LogP contribution in [-0.4, -0.2) is 38.1 Å². The summed E-state index contributed by atoms with van der Waals surface area (Å²) in [6.45, 7) is 8.01. The van der Waals surface area contributed by atoms with Gasteiger partial charge < -0.3 is 14.4 Å². The monoisotopic (exact) mass is 201 g/mol. The van der Waals surface area contributed by atoms with Crippen molar-refractivity contribution in [2.75, 3.05) is 27.7 Å². The SMILES string of the molecule is C=C(C)C(=O)[O-].CCCC[N+](C)(C)C. The number of carbonyl (C=O) groups is 1. The normalized spacial score (nSPS) is 10.1. The summed E-state index contributed by atoms with van der Waals surface area (Å²) >= 11 is 0. The first kappa shape index (κ1) is 15.6. The van der Waals surface area contributed by atoms with Crippen molar-refractivity contribution in [1.29, 1.82) is 0 Å². The lowest BCUT2D eigenvalue weighted by Gasteiger charge is -2.23. The van der Waals surface area contributed by atoms with Crippen molar-refractivity contribution in [3.8, 4) is 0 Å². The molecule has 3 heteroatoms. The summed E-state index contributed by atoms with van der Waals surface area (Å²) in [5.74, 6) is -1.19. The standard InChI is InChI=1S/C7H18N.C4H6O2/c1-5-6-7-8(2,3)4;1-3(2)4(5)6/h5-7H2,1-4H3;1H2,2H3,(H,5,6)/q+1;/p-1. The zero-order valence-corrected chi connectivity index (χ0v) is 10.1. The molecule has 0 aliphatic carbocycles. The molecule has 0 aromatic rings. The van der Waals surface area contributed by atoms with E-state index in [-0.39, 0.29) is 5.57 Å². The van der Waals surface area contributed by atoms with Gasteiger partial charge in [-0.2, -0.15) is 0 Å². The molecular weight excluding hydrogens is 178 g/mol. The van der Waals surface area contributed by atoms with E-state index in [0.717, 1.165) is 4.48 Å². The fourth-order valence-corrected chi connectivity index (χ4v) is 0.632. The first-order chi connectivity index (χ1) is 6.20. The minimum Gasteiger partial charge on any atom is -0.545 e. The summed E-state index contributed by atoms with van der Waals surface area (Å²) in [4.78, 5) is 9.49. The first-order valence-electron chi connectivity index (χ1n) is 4.88. The maximum Gasteiger partial charge on any atom is 0.0780 e. The average Bonchev–Trinajstić information content (AvgIpc) is 2.00. The molecule has 0 heterocycles. The molecule has 0 aliphatic heterocycles. The van der Waals surface area contributed by atoms with Crippen LogP contribution in [0.25, 0.3) is 0 Å². The van der Waals surface area contributed by atoms with Crippen LogP contribution < -0.4 is 5.11 Å². The fourth-order valence-electron chi connectivity index (χ4n) is 0.632. The number of hydrogen-bond donors (Lipinski definition) is 0. The third-order valence-electron chi connectivity index (χ3n) is 1.53. The van der Waals surface area contributed by atoms with Gasteiger partial charge in [0.25, 0.3) is 0 Å². The molecule has 84 valence electrons. The Bertz CT molecular complexity index is 168. The van der Waals surface area contributed by atoms with Crippen molar-refractivity contribution in [2.45, 2.75) is 26.7 Å². The lowest BCUT2D eigenvalue weighted by Crippen LogP contribution is -2.35. The molecule has 0 bridgehead atoms. The smallest absolute Gasteiger partial charge is 0.0780 e. The average molecular weight is 201 g/mol. The van der Waals surface area contributed by atoms with E-state index >= 15 is 0 Å². The Hall–Kier alpha value is -0.830. The van der Waals surface area contributed by atoms with Gasteiger partial charge in [-0.05, 0) is 18.9 Å². The molecular formula is C11H23NO2. The number of quaternary nitrogens is 1. The number of rotatable bonds is 4. The fraction of sp³-hybridized carbons (Fsp3) is 0.727. The second kappa shape index (κ2) is 7.56. The Labute approximate surface area is 87.6 Å². The highest BCUT2D eigenvalue weighted by Gasteiger charge is 2.02. The third-order valence-corrected chi connectivity index (χ3v) is 1.53. The van der Waals surface area contributed by atoms with Gasteiger partial charge in [0.1, 0.15) is 0 Å². The maximum atomic E-state index is 9.49. The molecule has 14 heavy (non-hydrogen) atoms. The van der Waals surface area contributed by atoms with Crippen LogP contribution in [0.15, 0.2) is 12.2 Å². The minimum atomic E-state index is -1.19. The highest BCUT2D eigenvalue weighted by Crippen LogP contribution is 1.95. The van der Waals surface area contributed by atoms with E-state index in [1.165, 1.54) is 26.3 Å². The van der Waals surface area contributed by atoms with Gasteiger partial charge in [0.05, 0.1) is 33.7 Å². The predicted molar refractivity (Wildman–Crippen MR) is 57.6 cm³/mol. The predicted octanol–water partition coefficient (Wildman–Crippen LogP) is 0.805. The molecule has 0 aliphatic rings. The van der Waals surface area contributed by atoms with Crippen LogP contribution in [0.2, 0.25) is 0 Å². The zero-order valence-electron chi connectivity index (χ0n) is 10.1. The molecule has 0 atom stereocenters. The maximum absolute atomic E-state index is 9.49. The molecule has 0 aromatic carbocycles. The van der Waals surface area contributed by atoms with Crippen molar-refractivity contribution in [2.24, 2.45) is 0 Å². The highest BCUT2D eigenvalue weighted by molar-refractivity contribution is 5.82. The second-order valence-corrected chi connectivity index (χ2v) is 4.44. The Kier molecular flexibility index (Phi) is 8.44. The van der Waals surface area contributed by atoms with Crippen LogP contribution >= 0.6 is 0 Å². The van der Waals surface area contributed by atoms with E-state index < -0.39 is 5.97 Å². The summed E-state index contributed by atoms with van der Waals surface area (Å²) in [6.07, 6.45) is 2.67. The molecule has 0 aromatic heterocycles. The van der Waals surface area contributed by atoms with E-state index in [2.05, 4.69) is 34.6 Å². The zero-order chi connectivity index (χ0) is 11.8. The van der Waals surface area contributed by atoms with Gasteiger partial charge >= 0.3 is 0 Å². The van der Waals surface area contributed by atoms with Crippen LogP contribution in [0.4, 0.5) is 0 Å². The topological polar surface area (TPSA) is 40.1 Å². The summed E-state index contributed by atoms with van der Waals surface area (Å²) in [5, 5.41) is 9.49. The van der Waals surface area contributed by atoms with E-state index in [1.807, 2.05) is 0 Å². The molecule has 0 rings (SSSR count). The van der Waals surface area contributed by atoms with Crippen molar-refractivity contribution in [3.63, 3.8) is 0 Å². The van der Waals surface area contributed by atoms with Crippen LogP contribution in [0.5, 0.6) is 0 Å². The molecule has 0 spiro atoms. The van der Waals surface area contributed by atoms with Gasteiger partial charge in [-0.1, -0.05) is 19.9 Å². The van der Waals surface area contributed by atoms with E-state index in [0.29, 0.717) is 0 Å². The Morgan fingerprint density at radius 1 is 1.36 bits per heavy atom. The highest BCUT2D eigenvalue weighted by atomic mass is 16.4. The van der Waals surface area contributed by atoms with Gasteiger partial charge in [-0.3, -0.25) is 0 Å². The van der Waals surface area contributed by atoms with Crippen molar-refractivity contribution < 1.29 is 14.4 Å². The molecule has 0 amide bonds. The van der Waals surface area contributed by atoms with Gasteiger partial charge in [-0.15, -0.1) is 0 Å². The number of carboxylic acids is 1. The number of unbranched alkanes of at least 4 members (excludes halogenated alkanes) is 1. The number of aliphatic carboxylic acids is 1. The lowest BCUT2D eigenvalue weighted by molar-refractivity contribution is -0.870. The first-order valence-corrected chi connectivity index (χ1v) is 4.88. The molecule has 0 unspecified atom stereocenters. The summed E-state index contributed by atoms with van der Waals surface area (Å²) < 4.78 is 1.10. The Morgan fingerprint density at radius 2 is 1.71 bits per heavy atom. The van der Waals surface area contributed by atoms with Crippen molar-refractivity contribution in [3.05, 3.63) is 12.2 Å². The Balaban J connectivity index is 0. The molecule has 0 fully saturated rings. The van der Waals surface area contributed by atoms with E-state index in [9.17, 15) is 9.90 Å². The molecule has 0 N–H and O–H groups in total. The molecule has 0 saturated heterocycles. The van der Waals surface area contributed by atoms with Crippen LogP contribution in [0.1, 0.15) is 26.7 Å². The summed E-state index contributed by atoms with van der Waals surface area (Å²) in [7, 11) is 6.70. The number of carbonyl (C=O) groups excluding carboxylic acids is 1. The second-order valence-electron chi connectivity index (χ2n) is 4.44. The van der Waals surface area contributed by atoms with Gasteiger partial charge in [0.2, 0.25) is 0 Å². The third kappa shape index (κ3) is 17.3. The van der Waals surface area contributed by atoms with Crippen molar-refractivity contribution in [1.82, 2.24) is 0 Å². The summed E-state index contributed by atoms with van der Waals surface area (Å²) in [6, 6.07) is 0. The number of hydrogen-bond acceptors (Lipinski definition) is 2. The quantitative estimate of drug-likeness (QED) is 0.499. The molecule has 0 radical (unpaired) electrons. The van der Waals surface area contributed by atoms with Crippen LogP contribution in [0, 0.1) is 0 Å². The number of carboxylic acid groups (broad SMARTS) is 1. The molecule has 0 saturated carbocycles. The van der Waals surface area contributed by atoms with Gasteiger partial charge in [0.15, 0.2) is 0 Å². The van der Waals surface area contributed by atoms with Crippen LogP contribution in [-0.2, 0) is 4.79 Å². The number of nitrogens with zero attached hydrogens (tertiary/aromatic N) is 1. The van der Waals surface area contributed by atoms with Gasteiger partial charge in [0, 0.05) is 0 Å². The lowest BCUT2D eigenvalue weighted by atomic mass is 10.3. The summed E-state index contributed by atoms with van der Waals surface area (Å²) in [5.41, 5.74) is 0.0648. The van der Waals surface area contributed by atoms with E-state index in [1.54, 1.807) is 0 Å². The largest absolute Gasteiger partial charge is 0.545 e. The molecule has 3 nitrogen and oxygen atoms in total. The van der Waals surface area contributed by atoms with Crippen molar-refractivity contribution >= 4 is 5.97 Å². The minimum absolute atomic E-state index is 0.0648. The van der Waals surface area contributed by atoms with Gasteiger partial charge in [-0.25, -0.2) is 0 Å². The van der Waals surface area contributed by atoms with Crippen LogP contribution in [0.3, 0.4) is 0 Å². The van der Waals surface area contributed by atoms with E-state index in [4.69, 9.17) is 0 Å².